The van der Waals surface area contributed by atoms with Crippen molar-refractivity contribution < 1.29 is 36.2 Å². The molecular weight excluding hydrogens is 382 g/mol. The lowest BCUT2D eigenvalue weighted by Gasteiger charge is -2.07. The van der Waals surface area contributed by atoms with Crippen molar-refractivity contribution in [1.82, 2.24) is 19.9 Å². The number of hydrogen-bond acceptors (Lipinski definition) is 5. The predicted octanol–water partition coefficient (Wildman–Crippen LogP) is 3.65. The lowest BCUT2D eigenvalue weighted by atomic mass is 10.2. The molecule has 0 saturated carbocycles. The van der Waals surface area contributed by atoms with Crippen molar-refractivity contribution >= 4 is 17.6 Å². The van der Waals surface area contributed by atoms with Crippen LogP contribution in [0.25, 0.3) is 0 Å². The van der Waals surface area contributed by atoms with E-state index in [1.54, 1.807) is 0 Å². The number of carbonyl (C=O) groups is 1. The van der Waals surface area contributed by atoms with Crippen LogP contribution < -0.4 is 0 Å². The Morgan fingerprint density at radius 3 is 2.00 bits per heavy atom. The van der Waals surface area contributed by atoms with E-state index in [-0.39, 0.29) is 5.56 Å². The molecule has 0 spiro atoms. The zero-order chi connectivity index (χ0) is 19.4. The number of hydrogen-bond donors (Lipinski definition) is 1. The summed E-state index contributed by atoms with van der Waals surface area (Å²) >= 11 is 5.20. The van der Waals surface area contributed by atoms with E-state index in [1.807, 2.05) is 0 Å². The molecule has 1 N–H and O–H groups in total. The van der Waals surface area contributed by atoms with Crippen molar-refractivity contribution in [3.63, 3.8) is 0 Å². The Balaban J connectivity index is 0.000000251. The summed E-state index contributed by atoms with van der Waals surface area (Å²) in [7, 11) is 0. The summed E-state index contributed by atoms with van der Waals surface area (Å²) in [6.07, 6.45) is -6.93. The fourth-order valence-corrected chi connectivity index (χ4v) is 1.55. The number of alkyl halides is 6. The molecule has 0 aliphatic heterocycles. The van der Waals surface area contributed by atoms with E-state index in [2.05, 4.69) is 19.9 Å². The van der Waals surface area contributed by atoms with Gasteiger partial charge in [0.15, 0.2) is 11.4 Å². The third kappa shape index (κ3) is 5.81. The molecule has 0 fully saturated rings. The molecule has 2 heterocycles. The lowest BCUT2D eigenvalue weighted by molar-refractivity contribution is -0.142. The number of carboxylic acid groups (broad SMARTS) is 1. The van der Waals surface area contributed by atoms with E-state index in [0.29, 0.717) is 12.5 Å². The fraction of sp³-hybridized carbons (Fsp3) is 0.250. The van der Waals surface area contributed by atoms with Gasteiger partial charge >= 0.3 is 18.3 Å². The van der Waals surface area contributed by atoms with Crippen LogP contribution in [-0.4, -0.2) is 31.0 Å². The minimum Gasteiger partial charge on any atom is -0.478 e. The zero-order valence-electron chi connectivity index (χ0n) is 12.0. The standard InChI is InChI=1S/C6H4ClF3N2.C6H3F3N2O2/c1-3-2-11-5(7)12-4(3)6(8,9)10;7-6(8,9)4-3(5(12)13)1-10-2-11-4/h2H,1H3;1-2H,(H,12,13). The van der Waals surface area contributed by atoms with Crippen molar-refractivity contribution in [2.75, 3.05) is 0 Å². The second-order valence-electron chi connectivity index (χ2n) is 4.26. The molecule has 0 aromatic carbocycles. The average molecular weight is 389 g/mol. The van der Waals surface area contributed by atoms with Gasteiger partial charge in [-0.15, -0.1) is 0 Å². The summed E-state index contributed by atoms with van der Waals surface area (Å²) in [6.45, 7) is 1.28. The van der Waals surface area contributed by atoms with Gasteiger partial charge in [0.05, 0.1) is 0 Å². The quantitative estimate of drug-likeness (QED) is 0.592. The molecule has 6 nitrogen and oxygen atoms in total. The van der Waals surface area contributed by atoms with Gasteiger partial charge in [-0.3, -0.25) is 0 Å². The molecule has 136 valence electrons. The minimum absolute atomic E-state index is 0.0353. The number of halogens is 7. The molecule has 0 saturated heterocycles. The van der Waals surface area contributed by atoms with E-state index in [1.165, 1.54) is 6.92 Å². The number of carboxylic acids is 1. The van der Waals surface area contributed by atoms with Crippen molar-refractivity contribution in [2.45, 2.75) is 19.3 Å². The maximum atomic E-state index is 12.1. The fourth-order valence-electron chi connectivity index (χ4n) is 1.42. The van der Waals surface area contributed by atoms with E-state index in [9.17, 15) is 31.1 Å². The number of aryl methyl sites for hydroxylation is 1. The molecule has 13 heteroatoms. The van der Waals surface area contributed by atoms with Gasteiger partial charge < -0.3 is 5.11 Å². The van der Waals surface area contributed by atoms with Crippen LogP contribution in [0.5, 0.6) is 0 Å². The summed E-state index contributed by atoms with van der Waals surface area (Å²) in [6, 6.07) is 0. The van der Waals surface area contributed by atoms with Gasteiger partial charge in [0.1, 0.15) is 11.9 Å². The third-order valence-corrected chi connectivity index (χ3v) is 2.60. The summed E-state index contributed by atoms with van der Waals surface area (Å²) in [5, 5.41) is 7.95. The van der Waals surface area contributed by atoms with Crippen LogP contribution in [0.1, 0.15) is 27.3 Å². The summed E-state index contributed by atoms with van der Waals surface area (Å²) in [5.41, 5.74) is -3.40. The number of rotatable bonds is 1. The first kappa shape index (κ1) is 20.5. The van der Waals surface area contributed by atoms with Gasteiger partial charge in [-0.1, -0.05) is 0 Å². The van der Waals surface area contributed by atoms with Crippen LogP contribution in [0.4, 0.5) is 26.3 Å². The Bertz CT molecular complexity index is 766. The zero-order valence-corrected chi connectivity index (χ0v) is 12.8. The lowest BCUT2D eigenvalue weighted by Crippen LogP contribution is -2.15. The molecule has 2 aromatic rings. The van der Waals surface area contributed by atoms with E-state index in [0.717, 1.165) is 6.20 Å². The smallest absolute Gasteiger partial charge is 0.434 e. The summed E-state index contributed by atoms with van der Waals surface area (Å²) < 4.78 is 72.4. The first-order chi connectivity index (χ1) is 11.3. The number of nitrogens with zero attached hydrogens (tertiary/aromatic N) is 4. The Labute approximate surface area is 140 Å². The molecule has 0 bridgehead atoms. The molecular formula is C12H7ClF6N4O2. The third-order valence-electron chi connectivity index (χ3n) is 2.42. The monoisotopic (exact) mass is 388 g/mol. The van der Waals surface area contributed by atoms with Gasteiger partial charge in [-0.2, -0.15) is 26.3 Å². The second-order valence-corrected chi connectivity index (χ2v) is 4.59. The first-order valence-corrected chi connectivity index (χ1v) is 6.38. The molecule has 0 radical (unpaired) electrons. The molecule has 0 atom stereocenters. The van der Waals surface area contributed by atoms with E-state index in [4.69, 9.17) is 16.7 Å². The van der Waals surface area contributed by atoms with E-state index < -0.39 is 40.6 Å². The van der Waals surface area contributed by atoms with Crippen LogP contribution in [0.3, 0.4) is 0 Å². The highest BCUT2D eigenvalue weighted by atomic mass is 35.5. The second kappa shape index (κ2) is 7.59. The maximum Gasteiger partial charge on any atom is 0.434 e. The van der Waals surface area contributed by atoms with Gasteiger partial charge in [-0.05, 0) is 24.1 Å². The van der Waals surface area contributed by atoms with Crippen LogP contribution in [0.2, 0.25) is 5.28 Å². The normalized spacial score (nSPS) is 11.5. The highest BCUT2D eigenvalue weighted by Crippen LogP contribution is 2.30. The highest BCUT2D eigenvalue weighted by Gasteiger charge is 2.37. The number of aromatic nitrogens is 4. The van der Waals surface area contributed by atoms with Gasteiger partial charge in [0.25, 0.3) is 0 Å². The van der Waals surface area contributed by atoms with Crippen molar-refractivity contribution in [3.8, 4) is 0 Å². The molecule has 25 heavy (non-hydrogen) atoms. The van der Waals surface area contributed by atoms with Crippen LogP contribution in [-0.2, 0) is 12.4 Å². The van der Waals surface area contributed by atoms with Crippen LogP contribution in [0.15, 0.2) is 18.7 Å². The maximum absolute atomic E-state index is 12.1. The first-order valence-electron chi connectivity index (χ1n) is 6.01. The van der Waals surface area contributed by atoms with Crippen molar-refractivity contribution in [3.05, 3.63) is 46.5 Å². The van der Waals surface area contributed by atoms with Gasteiger partial charge in [-0.25, -0.2) is 24.7 Å². The number of aromatic carboxylic acids is 1. The Morgan fingerprint density at radius 1 is 1.04 bits per heavy atom. The molecule has 2 rings (SSSR count). The van der Waals surface area contributed by atoms with E-state index >= 15 is 0 Å². The summed E-state index contributed by atoms with van der Waals surface area (Å²) in [4.78, 5) is 22.8. The van der Waals surface area contributed by atoms with Crippen LogP contribution in [0, 0.1) is 6.92 Å². The van der Waals surface area contributed by atoms with Crippen molar-refractivity contribution in [2.24, 2.45) is 0 Å². The molecule has 0 amide bonds. The minimum atomic E-state index is -4.77. The topological polar surface area (TPSA) is 88.9 Å². The predicted molar refractivity (Wildman–Crippen MR) is 70.8 cm³/mol. The Kier molecular flexibility index (Phi) is 6.24. The molecule has 0 aliphatic carbocycles. The van der Waals surface area contributed by atoms with Crippen LogP contribution >= 0.6 is 11.6 Å². The highest BCUT2D eigenvalue weighted by molar-refractivity contribution is 6.28. The Morgan fingerprint density at radius 2 is 1.60 bits per heavy atom. The molecule has 0 unspecified atom stereocenters. The van der Waals surface area contributed by atoms with Gasteiger partial charge in [0.2, 0.25) is 5.28 Å². The van der Waals surface area contributed by atoms with Crippen molar-refractivity contribution in [1.29, 1.82) is 0 Å². The van der Waals surface area contributed by atoms with Gasteiger partial charge in [0, 0.05) is 12.4 Å². The molecule has 0 aliphatic rings. The molecule has 2 aromatic heterocycles. The SMILES string of the molecule is Cc1cnc(Cl)nc1C(F)(F)F.O=C(O)c1cncnc1C(F)(F)F. The summed E-state index contributed by atoms with van der Waals surface area (Å²) in [5.74, 6) is -1.70. The largest absolute Gasteiger partial charge is 0.478 e. The Hall–Kier alpha value is -2.50. The average Bonchev–Trinajstić information content (AvgIpc) is 2.48.